The minimum absolute atomic E-state index is 0.0390. The van der Waals surface area contributed by atoms with Crippen LogP contribution in [-0.2, 0) is 5.75 Å². The molecule has 3 rings (SSSR count). The van der Waals surface area contributed by atoms with E-state index in [4.69, 9.17) is 0 Å². The van der Waals surface area contributed by atoms with E-state index in [1.807, 2.05) is 62.5 Å². The summed E-state index contributed by atoms with van der Waals surface area (Å²) in [6.07, 6.45) is 0. The first-order chi connectivity index (χ1) is 12.2. The first kappa shape index (κ1) is 17.5. The summed E-state index contributed by atoms with van der Waals surface area (Å²) in [5.74, 6) is 0.647. The van der Waals surface area contributed by atoms with E-state index in [1.165, 1.54) is 0 Å². The van der Waals surface area contributed by atoms with Gasteiger partial charge >= 0.3 is 0 Å². The van der Waals surface area contributed by atoms with E-state index in [1.54, 1.807) is 11.8 Å². The highest BCUT2D eigenvalue weighted by atomic mass is 32.2. The largest absolute Gasteiger partial charge is 0.350 e. The first-order valence-electron chi connectivity index (χ1n) is 8.28. The number of carbonyl (C=O) groups is 1. The van der Waals surface area contributed by atoms with Crippen LogP contribution in [0.1, 0.15) is 22.8 Å². The van der Waals surface area contributed by atoms with E-state index in [2.05, 4.69) is 20.6 Å². The minimum Gasteiger partial charge on any atom is -0.350 e. The number of para-hydroxylation sites is 2. The lowest BCUT2D eigenvalue weighted by atomic mass is 10.1. The maximum Gasteiger partial charge on any atom is 0.251 e. The first-order valence-corrected chi connectivity index (χ1v) is 9.27. The highest BCUT2D eigenvalue weighted by Crippen LogP contribution is 2.24. The molecule has 1 atom stereocenters. The highest BCUT2D eigenvalue weighted by molar-refractivity contribution is 7.98. The van der Waals surface area contributed by atoms with Crippen molar-refractivity contribution < 1.29 is 4.79 Å². The fraction of sp³-hybridized carbons (Fsp3) is 0.263. The Bertz CT molecular complexity index is 828. The third-order valence-corrected chi connectivity index (χ3v) is 4.98. The molecule has 0 spiro atoms. The molecule has 1 amide bonds. The number of hydrogen-bond acceptors (Lipinski definition) is 4. The Balaban J connectivity index is 1.69. The Labute approximate surface area is 151 Å². The van der Waals surface area contributed by atoms with Gasteiger partial charge < -0.3 is 15.6 Å². The van der Waals surface area contributed by atoms with Gasteiger partial charge in [0.25, 0.3) is 5.91 Å². The molecule has 0 aliphatic rings. The zero-order chi connectivity index (χ0) is 17.6. The number of hydrogen-bond donors (Lipinski definition) is 3. The number of thioether (sulfide) groups is 1. The summed E-state index contributed by atoms with van der Waals surface area (Å²) < 4.78 is 0. The average Bonchev–Trinajstić information content (AvgIpc) is 3.07. The standard InChI is InChI=1S/C19H22N4OS/c1-13(20-2)11-21-18(24)15-8-4-3-7-14(15)12-25-19-22-16-9-5-6-10-17(16)23-19/h3-10,13,20H,11-12H2,1-2H3,(H,21,24)(H,22,23). The van der Waals surface area contributed by atoms with E-state index in [0.717, 1.165) is 27.3 Å². The molecule has 5 nitrogen and oxygen atoms in total. The van der Waals surface area contributed by atoms with Crippen LogP contribution in [0, 0.1) is 0 Å². The molecular weight excluding hydrogens is 332 g/mol. The van der Waals surface area contributed by atoms with Gasteiger partial charge in [-0.2, -0.15) is 0 Å². The van der Waals surface area contributed by atoms with Gasteiger partial charge in [-0.1, -0.05) is 42.1 Å². The fourth-order valence-corrected chi connectivity index (χ4v) is 3.34. The summed E-state index contributed by atoms with van der Waals surface area (Å²) in [7, 11) is 1.88. The lowest BCUT2D eigenvalue weighted by molar-refractivity contribution is 0.0950. The summed E-state index contributed by atoms with van der Waals surface area (Å²) in [5.41, 5.74) is 3.70. The number of imidazole rings is 1. The van der Waals surface area contributed by atoms with Crippen LogP contribution in [0.25, 0.3) is 11.0 Å². The van der Waals surface area contributed by atoms with Gasteiger partial charge in [-0.25, -0.2) is 4.98 Å². The van der Waals surface area contributed by atoms with Crippen LogP contribution in [0.15, 0.2) is 53.7 Å². The molecule has 1 heterocycles. The molecule has 3 aromatic rings. The fourth-order valence-electron chi connectivity index (χ4n) is 2.45. The molecule has 2 aromatic carbocycles. The molecule has 0 saturated heterocycles. The predicted molar refractivity (Wildman–Crippen MR) is 103 cm³/mol. The Morgan fingerprint density at radius 2 is 1.96 bits per heavy atom. The van der Waals surface area contributed by atoms with Gasteiger partial charge in [-0.05, 0) is 37.7 Å². The second-order valence-corrected chi connectivity index (χ2v) is 6.87. The number of likely N-dealkylation sites (N-methyl/N-ethyl adjacent to an activating group) is 1. The SMILES string of the molecule is CNC(C)CNC(=O)c1ccccc1CSc1nc2ccccc2[nH]1. The highest BCUT2D eigenvalue weighted by Gasteiger charge is 2.12. The van der Waals surface area contributed by atoms with Crippen molar-refractivity contribution in [2.75, 3.05) is 13.6 Å². The lowest BCUT2D eigenvalue weighted by Gasteiger charge is -2.13. The van der Waals surface area contributed by atoms with Crippen molar-refractivity contribution in [1.82, 2.24) is 20.6 Å². The lowest BCUT2D eigenvalue weighted by Crippen LogP contribution is -2.37. The molecule has 1 unspecified atom stereocenters. The monoisotopic (exact) mass is 354 g/mol. The van der Waals surface area contributed by atoms with Gasteiger partial charge in [0.2, 0.25) is 0 Å². The van der Waals surface area contributed by atoms with Gasteiger partial charge in [-0.3, -0.25) is 4.79 Å². The quantitative estimate of drug-likeness (QED) is 0.570. The van der Waals surface area contributed by atoms with E-state index in [-0.39, 0.29) is 11.9 Å². The van der Waals surface area contributed by atoms with Crippen LogP contribution in [0.5, 0.6) is 0 Å². The van der Waals surface area contributed by atoms with Crippen molar-refractivity contribution in [2.24, 2.45) is 0 Å². The zero-order valence-corrected chi connectivity index (χ0v) is 15.2. The molecule has 0 aliphatic heterocycles. The molecule has 3 N–H and O–H groups in total. The van der Waals surface area contributed by atoms with Crippen molar-refractivity contribution >= 4 is 28.7 Å². The van der Waals surface area contributed by atoms with Gasteiger partial charge in [0.1, 0.15) is 0 Å². The van der Waals surface area contributed by atoms with Gasteiger partial charge in [-0.15, -0.1) is 0 Å². The van der Waals surface area contributed by atoms with Crippen molar-refractivity contribution in [1.29, 1.82) is 0 Å². The number of amides is 1. The van der Waals surface area contributed by atoms with Crippen LogP contribution >= 0.6 is 11.8 Å². The second kappa shape index (κ2) is 8.18. The predicted octanol–water partition coefficient (Wildman–Crippen LogP) is 3.19. The molecule has 0 radical (unpaired) electrons. The van der Waals surface area contributed by atoms with Crippen LogP contribution < -0.4 is 10.6 Å². The Morgan fingerprint density at radius 3 is 2.76 bits per heavy atom. The van der Waals surface area contributed by atoms with E-state index < -0.39 is 0 Å². The molecule has 0 fully saturated rings. The number of nitrogens with one attached hydrogen (secondary N) is 3. The van der Waals surface area contributed by atoms with Gasteiger partial charge in [0.05, 0.1) is 11.0 Å². The van der Waals surface area contributed by atoms with Crippen LogP contribution in [0.3, 0.4) is 0 Å². The molecule has 0 aliphatic carbocycles. The smallest absolute Gasteiger partial charge is 0.251 e. The van der Waals surface area contributed by atoms with Gasteiger partial charge in [0, 0.05) is 23.9 Å². The summed E-state index contributed by atoms with van der Waals surface area (Å²) in [4.78, 5) is 20.3. The summed E-state index contributed by atoms with van der Waals surface area (Å²) in [5, 5.41) is 6.95. The molecule has 25 heavy (non-hydrogen) atoms. The van der Waals surface area contributed by atoms with E-state index in [9.17, 15) is 4.79 Å². The Hall–Kier alpha value is -2.31. The van der Waals surface area contributed by atoms with E-state index in [0.29, 0.717) is 12.3 Å². The zero-order valence-electron chi connectivity index (χ0n) is 14.4. The van der Waals surface area contributed by atoms with Crippen LogP contribution in [-0.4, -0.2) is 35.5 Å². The number of aromatic amines is 1. The number of nitrogens with zero attached hydrogens (tertiary/aromatic N) is 1. The minimum atomic E-state index is -0.0390. The van der Waals surface area contributed by atoms with Gasteiger partial charge in [0.15, 0.2) is 5.16 Å². The Kier molecular flexibility index (Phi) is 5.73. The second-order valence-electron chi connectivity index (χ2n) is 5.90. The summed E-state index contributed by atoms with van der Waals surface area (Å²) >= 11 is 1.60. The van der Waals surface area contributed by atoms with Crippen molar-refractivity contribution in [3.63, 3.8) is 0 Å². The molecule has 1 aromatic heterocycles. The number of carbonyl (C=O) groups excluding carboxylic acids is 1. The number of fused-ring (bicyclic) bond motifs is 1. The number of rotatable bonds is 7. The number of aromatic nitrogens is 2. The summed E-state index contributed by atoms with van der Waals surface area (Å²) in [6, 6.07) is 15.9. The molecule has 0 bridgehead atoms. The molecule has 0 saturated carbocycles. The molecule has 6 heteroatoms. The third kappa shape index (κ3) is 4.41. The van der Waals surface area contributed by atoms with Crippen LogP contribution in [0.2, 0.25) is 0 Å². The third-order valence-electron chi connectivity index (χ3n) is 4.06. The average molecular weight is 354 g/mol. The number of benzene rings is 2. The van der Waals surface area contributed by atoms with Crippen molar-refractivity contribution in [2.45, 2.75) is 23.9 Å². The van der Waals surface area contributed by atoms with Crippen molar-refractivity contribution in [3.8, 4) is 0 Å². The maximum atomic E-state index is 12.5. The molecule has 130 valence electrons. The topological polar surface area (TPSA) is 69.8 Å². The van der Waals surface area contributed by atoms with Crippen molar-refractivity contribution in [3.05, 3.63) is 59.7 Å². The maximum absolute atomic E-state index is 12.5. The normalized spacial score (nSPS) is 12.2. The van der Waals surface area contributed by atoms with E-state index >= 15 is 0 Å². The van der Waals surface area contributed by atoms with Crippen LogP contribution in [0.4, 0.5) is 0 Å². The number of H-pyrrole nitrogens is 1. The summed E-state index contributed by atoms with van der Waals surface area (Å²) in [6.45, 7) is 2.63. The molecular formula is C19H22N4OS. The Morgan fingerprint density at radius 1 is 1.20 bits per heavy atom.